The summed E-state index contributed by atoms with van der Waals surface area (Å²) in [6, 6.07) is 17.2. The fourth-order valence-electron chi connectivity index (χ4n) is 2.12. The van der Waals surface area contributed by atoms with Crippen LogP contribution in [0.2, 0.25) is 0 Å². The number of imidazole rings is 1. The lowest BCUT2D eigenvalue weighted by Gasteiger charge is -2.09. The van der Waals surface area contributed by atoms with Crippen molar-refractivity contribution < 1.29 is 0 Å². The molecule has 0 aliphatic rings. The number of nitrogen functional groups attached to an aromatic ring is 1. The molecule has 1 heterocycles. The van der Waals surface area contributed by atoms with Gasteiger partial charge in [0.15, 0.2) is 0 Å². The Hall–Kier alpha value is -3.06. The van der Waals surface area contributed by atoms with Crippen LogP contribution < -0.4 is 5.73 Å². The van der Waals surface area contributed by atoms with E-state index in [0.717, 1.165) is 17.1 Å². The highest BCUT2D eigenvalue weighted by atomic mass is 15.1. The van der Waals surface area contributed by atoms with Crippen LogP contribution in [0.3, 0.4) is 0 Å². The average Bonchev–Trinajstić information content (AvgIpc) is 2.97. The van der Waals surface area contributed by atoms with Gasteiger partial charge in [-0.15, -0.1) is 0 Å². The molecule has 2 aromatic carbocycles. The first kappa shape index (κ1) is 12.0. The third-order valence-electron chi connectivity index (χ3n) is 3.09. The molecule has 96 valence electrons. The second-order valence-electron chi connectivity index (χ2n) is 4.37. The number of nitrogens with zero attached hydrogens (tertiary/aromatic N) is 3. The highest BCUT2D eigenvalue weighted by Crippen LogP contribution is 2.24. The van der Waals surface area contributed by atoms with Gasteiger partial charge in [-0.2, -0.15) is 5.26 Å². The third kappa shape index (κ3) is 2.02. The maximum Gasteiger partial charge on any atom is 0.144 e. The summed E-state index contributed by atoms with van der Waals surface area (Å²) in [5.41, 5.74) is 8.80. The zero-order valence-electron chi connectivity index (χ0n) is 10.7. The van der Waals surface area contributed by atoms with Crippen molar-refractivity contribution >= 4 is 5.69 Å². The molecule has 0 spiro atoms. The number of benzene rings is 2. The molecule has 0 aliphatic carbocycles. The molecule has 0 atom stereocenters. The maximum atomic E-state index is 9.21. The van der Waals surface area contributed by atoms with Gasteiger partial charge >= 0.3 is 0 Å². The van der Waals surface area contributed by atoms with Gasteiger partial charge in [0.1, 0.15) is 11.9 Å². The standard InChI is InChI=1S/C16H12N4/c17-11-13-3-1-2-4-15(13)20-10-9-19-16(20)12-5-7-14(18)8-6-12/h1-10H,18H2. The lowest BCUT2D eigenvalue weighted by atomic mass is 10.1. The minimum absolute atomic E-state index is 0.613. The van der Waals surface area contributed by atoms with Crippen LogP contribution in [0.5, 0.6) is 0 Å². The minimum atomic E-state index is 0.613. The van der Waals surface area contributed by atoms with E-state index in [-0.39, 0.29) is 0 Å². The molecule has 20 heavy (non-hydrogen) atoms. The van der Waals surface area contributed by atoms with Gasteiger partial charge in [0, 0.05) is 23.6 Å². The molecule has 2 N–H and O–H groups in total. The van der Waals surface area contributed by atoms with E-state index in [4.69, 9.17) is 5.73 Å². The molecular formula is C16H12N4. The molecular weight excluding hydrogens is 248 g/mol. The zero-order chi connectivity index (χ0) is 13.9. The van der Waals surface area contributed by atoms with Crippen molar-refractivity contribution in [3.05, 3.63) is 66.5 Å². The van der Waals surface area contributed by atoms with E-state index in [1.54, 1.807) is 12.3 Å². The Kier molecular flexibility index (Phi) is 2.94. The summed E-state index contributed by atoms with van der Waals surface area (Å²) >= 11 is 0. The molecule has 1 aromatic heterocycles. The van der Waals surface area contributed by atoms with Crippen LogP contribution in [0, 0.1) is 11.3 Å². The van der Waals surface area contributed by atoms with Crippen molar-refractivity contribution in [3.63, 3.8) is 0 Å². The number of para-hydroxylation sites is 1. The van der Waals surface area contributed by atoms with Gasteiger partial charge in [0.25, 0.3) is 0 Å². The molecule has 0 saturated carbocycles. The molecule has 3 aromatic rings. The van der Waals surface area contributed by atoms with Crippen molar-refractivity contribution in [1.82, 2.24) is 9.55 Å². The summed E-state index contributed by atoms with van der Waals surface area (Å²) in [6.45, 7) is 0. The second kappa shape index (κ2) is 4.90. The Bertz CT molecular complexity index is 779. The topological polar surface area (TPSA) is 67.6 Å². The third-order valence-corrected chi connectivity index (χ3v) is 3.09. The van der Waals surface area contributed by atoms with Gasteiger partial charge in [-0.3, -0.25) is 4.57 Å². The molecule has 4 nitrogen and oxygen atoms in total. The number of hydrogen-bond acceptors (Lipinski definition) is 3. The summed E-state index contributed by atoms with van der Waals surface area (Å²) < 4.78 is 1.91. The van der Waals surface area contributed by atoms with Crippen LogP contribution in [-0.2, 0) is 0 Å². The SMILES string of the molecule is N#Cc1ccccc1-n1ccnc1-c1ccc(N)cc1. The van der Waals surface area contributed by atoms with Crippen molar-refractivity contribution in [2.75, 3.05) is 5.73 Å². The molecule has 0 amide bonds. The van der Waals surface area contributed by atoms with Crippen LogP contribution in [0.1, 0.15) is 5.56 Å². The van der Waals surface area contributed by atoms with E-state index in [0.29, 0.717) is 11.3 Å². The monoisotopic (exact) mass is 260 g/mol. The minimum Gasteiger partial charge on any atom is -0.399 e. The molecule has 0 unspecified atom stereocenters. The largest absolute Gasteiger partial charge is 0.399 e. The maximum absolute atomic E-state index is 9.21. The molecule has 3 rings (SSSR count). The summed E-state index contributed by atoms with van der Waals surface area (Å²) in [5, 5.41) is 9.21. The molecule has 0 aliphatic heterocycles. The fraction of sp³-hybridized carbons (Fsp3) is 0. The van der Waals surface area contributed by atoms with E-state index in [2.05, 4.69) is 11.1 Å². The number of nitriles is 1. The Labute approximate surface area is 116 Å². The number of aromatic nitrogens is 2. The summed E-state index contributed by atoms with van der Waals surface area (Å²) in [7, 11) is 0. The van der Waals surface area contributed by atoms with Crippen molar-refractivity contribution in [2.24, 2.45) is 0 Å². The molecule has 0 bridgehead atoms. The van der Waals surface area contributed by atoms with Crippen molar-refractivity contribution in [3.8, 4) is 23.1 Å². The van der Waals surface area contributed by atoms with Gasteiger partial charge in [0.05, 0.1) is 11.3 Å². The van der Waals surface area contributed by atoms with Crippen molar-refractivity contribution in [2.45, 2.75) is 0 Å². The van der Waals surface area contributed by atoms with Crippen LogP contribution in [-0.4, -0.2) is 9.55 Å². The lowest BCUT2D eigenvalue weighted by molar-refractivity contribution is 1.06. The van der Waals surface area contributed by atoms with Crippen LogP contribution in [0.4, 0.5) is 5.69 Å². The summed E-state index contributed by atoms with van der Waals surface area (Å²) in [6.07, 6.45) is 3.57. The highest BCUT2D eigenvalue weighted by Gasteiger charge is 2.10. The predicted octanol–water partition coefficient (Wildman–Crippen LogP) is 2.99. The average molecular weight is 260 g/mol. The van der Waals surface area contributed by atoms with E-state index >= 15 is 0 Å². The molecule has 0 radical (unpaired) electrons. The first-order chi connectivity index (χ1) is 9.79. The molecule has 0 fully saturated rings. The Morgan fingerprint density at radius 3 is 2.55 bits per heavy atom. The number of hydrogen-bond donors (Lipinski definition) is 1. The highest BCUT2D eigenvalue weighted by molar-refractivity contribution is 5.63. The predicted molar refractivity (Wildman–Crippen MR) is 78.1 cm³/mol. The quantitative estimate of drug-likeness (QED) is 0.720. The number of nitrogens with two attached hydrogens (primary N) is 1. The first-order valence-corrected chi connectivity index (χ1v) is 6.18. The summed E-state index contributed by atoms with van der Waals surface area (Å²) in [5.74, 6) is 0.785. The van der Waals surface area contributed by atoms with Crippen LogP contribution in [0.15, 0.2) is 60.9 Å². The van der Waals surface area contributed by atoms with E-state index < -0.39 is 0 Å². The number of rotatable bonds is 2. The Morgan fingerprint density at radius 2 is 1.80 bits per heavy atom. The van der Waals surface area contributed by atoms with Crippen LogP contribution in [0.25, 0.3) is 17.1 Å². The Balaban J connectivity index is 2.16. The second-order valence-corrected chi connectivity index (χ2v) is 4.37. The van der Waals surface area contributed by atoms with Gasteiger partial charge in [-0.05, 0) is 36.4 Å². The van der Waals surface area contributed by atoms with Gasteiger partial charge < -0.3 is 5.73 Å². The van der Waals surface area contributed by atoms with E-state index in [9.17, 15) is 5.26 Å². The van der Waals surface area contributed by atoms with E-state index in [1.165, 1.54) is 0 Å². The van der Waals surface area contributed by atoms with Gasteiger partial charge in [0.2, 0.25) is 0 Å². The fourth-order valence-corrected chi connectivity index (χ4v) is 2.12. The molecule has 4 heteroatoms. The molecule has 0 saturated heterocycles. The van der Waals surface area contributed by atoms with Gasteiger partial charge in [-0.25, -0.2) is 4.98 Å². The van der Waals surface area contributed by atoms with Gasteiger partial charge in [-0.1, -0.05) is 12.1 Å². The normalized spacial score (nSPS) is 10.2. The van der Waals surface area contributed by atoms with E-state index in [1.807, 2.05) is 53.2 Å². The van der Waals surface area contributed by atoms with Crippen molar-refractivity contribution in [1.29, 1.82) is 5.26 Å². The zero-order valence-corrected chi connectivity index (χ0v) is 10.7. The lowest BCUT2D eigenvalue weighted by Crippen LogP contribution is -1.99. The Morgan fingerprint density at radius 1 is 1.05 bits per heavy atom. The smallest absolute Gasteiger partial charge is 0.144 e. The van der Waals surface area contributed by atoms with Crippen LogP contribution >= 0.6 is 0 Å². The first-order valence-electron chi connectivity index (χ1n) is 6.18. The summed E-state index contributed by atoms with van der Waals surface area (Å²) in [4.78, 5) is 4.38. The number of anilines is 1.